The minimum atomic E-state index is -0.110. The topological polar surface area (TPSA) is 92.8 Å². The third-order valence-electron chi connectivity index (χ3n) is 2.90. The molecule has 2 heterocycles. The predicted molar refractivity (Wildman–Crippen MR) is 84.0 cm³/mol. The average molecular weight is 315 g/mol. The monoisotopic (exact) mass is 315 g/mol. The fraction of sp³-hybridized carbons (Fsp3) is 0.143. The first-order chi connectivity index (χ1) is 10.8. The van der Waals surface area contributed by atoms with Crippen LogP contribution in [0.15, 0.2) is 41.9 Å². The van der Waals surface area contributed by atoms with Crippen molar-refractivity contribution < 1.29 is 9.53 Å². The third kappa shape index (κ3) is 3.17. The maximum absolute atomic E-state index is 12.0. The van der Waals surface area contributed by atoms with Crippen LogP contribution in [0.4, 0.5) is 5.69 Å². The summed E-state index contributed by atoms with van der Waals surface area (Å²) in [5, 5.41) is 3.52. The normalized spacial score (nSPS) is 10.6. The van der Waals surface area contributed by atoms with Crippen molar-refractivity contribution in [1.29, 1.82) is 0 Å². The number of hydrogen-bond donors (Lipinski definition) is 2. The number of anilines is 1. The summed E-state index contributed by atoms with van der Waals surface area (Å²) in [6, 6.07) is 7.17. The van der Waals surface area contributed by atoms with E-state index in [9.17, 15) is 4.79 Å². The molecular weight excluding hydrogens is 302 g/mol. The number of aromatic nitrogens is 4. The van der Waals surface area contributed by atoms with Gasteiger partial charge in [0.15, 0.2) is 5.65 Å². The number of aromatic amines is 1. The van der Waals surface area contributed by atoms with Gasteiger partial charge in [-0.1, -0.05) is 11.8 Å². The second-order valence-electron chi connectivity index (χ2n) is 4.35. The Hall–Kier alpha value is -2.61. The lowest BCUT2D eigenvalue weighted by atomic mass is 10.3. The van der Waals surface area contributed by atoms with Crippen LogP contribution in [0.1, 0.15) is 0 Å². The fourth-order valence-corrected chi connectivity index (χ4v) is 2.61. The molecule has 0 unspecified atom stereocenters. The maximum Gasteiger partial charge on any atom is 0.234 e. The van der Waals surface area contributed by atoms with Crippen molar-refractivity contribution in [3.8, 4) is 5.75 Å². The van der Waals surface area contributed by atoms with Gasteiger partial charge in [0, 0.05) is 5.69 Å². The van der Waals surface area contributed by atoms with Gasteiger partial charge in [-0.15, -0.1) is 0 Å². The van der Waals surface area contributed by atoms with Gasteiger partial charge in [-0.25, -0.2) is 15.0 Å². The molecule has 8 heteroatoms. The Kier molecular flexibility index (Phi) is 4.19. The van der Waals surface area contributed by atoms with Gasteiger partial charge >= 0.3 is 0 Å². The summed E-state index contributed by atoms with van der Waals surface area (Å²) < 4.78 is 5.07. The molecule has 2 N–H and O–H groups in total. The van der Waals surface area contributed by atoms with Crippen molar-refractivity contribution in [1.82, 2.24) is 19.9 Å². The number of methoxy groups -OCH3 is 1. The van der Waals surface area contributed by atoms with E-state index in [0.717, 1.165) is 17.0 Å². The van der Waals surface area contributed by atoms with Crippen LogP contribution in [-0.2, 0) is 4.79 Å². The molecule has 0 bridgehead atoms. The van der Waals surface area contributed by atoms with Crippen molar-refractivity contribution in [2.75, 3.05) is 18.2 Å². The van der Waals surface area contributed by atoms with E-state index in [4.69, 9.17) is 4.74 Å². The number of carbonyl (C=O) groups is 1. The highest BCUT2D eigenvalue weighted by atomic mass is 32.2. The van der Waals surface area contributed by atoms with Crippen LogP contribution < -0.4 is 10.1 Å². The van der Waals surface area contributed by atoms with E-state index in [-0.39, 0.29) is 11.7 Å². The van der Waals surface area contributed by atoms with E-state index in [2.05, 4.69) is 25.3 Å². The second-order valence-corrected chi connectivity index (χ2v) is 5.31. The summed E-state index contributed by atoms with van der Waals surface area (Å²) in [5.41, 5.74) is 2.05. The van der Waals surface area contributed by atoms with E-state index in [1.807, 2.05) is 0 Å². The molecule has 3 rings (SSSR count). The van der Waals surface area contributed by atoms with Crippen LogP contribution in [0.5, 0.6) is 5.75 Å². The zero-order valence-electron chi connectivity index (χ0n) is 11.7. The average Bonchev–Trinajstić information content (AvgIpc) is 3.03. The Morgan fingerprint density at radius 3 is 2.86 bits per heavy atom. The lowest BCUT2D eigenvalue weighted by Gasteiger charge is -2.06. The van der Waals surface area contributed by atoms with Crippen LogP contribution in [-0.4, -0.2) is 38.7 Å². The molecule has 0 aliphatic carbocycles. The number of nitrogens with one attached hydrogen (secondary N) is 2. The smallest absolute Gasteiger partial charge is 0.234 e. The molecule has 0 radical (unpaired) electrons. The molecular formula is C14H13N5O2S. The highest BCUT2D eigenvalue weighted by Crippen LogP contribution is 2.22. The molecule has 0 fully saturated rings. The van der Waals surface area contributed by atoms with Crippen molar-refractivity contribution in [3.63, 3.8) is 0 Å². The summed E-state index contributed by atoms with van der Waals surface area (Å²) in [6.07, 6.45) is 2.99. The predicted octanol–water partition coefficient (Wildman–Crippen LogP) is 2.09. The molecule has 22 heavy (non-hydrogen) atoms. The highest BCUT2D eigenvalue weighted by Gasteiger charge is 2.09. The summed E-state index contributed by atoms with van der Waals surface area (Å²) in [4.78, 5) is 27.2. The van der Waals surface area contributed by atoms with Crippen LogP contribution in [0.2, 0.25) is 0 Å². The molecule has 112 valence electrons. The van der Waals surface area contributed by atoms with Crippen molar-refractivity contribution in [3.05, 3.63) is 36.9 Å². The summed E-state index contributed by atoms with van der Waals surface area (Å²) in [7, 11) is 1.60. The summed E-state index contributed by atoms with van der Waals surface area (Å²) >= 11 is 1.33. The van der Waals surface area contributed by atoms with Crippen molar-refractivity contribution >= 4 is 34.5 Å². The number of rotatable bonds is 5. The van der Waals surface area contributed by atoms with Gasteiger partial charge in [0.05, 0.1) is 19.2 Å². The standard InChI is InChI=1S/C14H13N5O2S/c1-21-10-4-2-9(3-5-10)19-11(20)6-22-14-12-13(16-7-15-12)17-8-18-14/h2-5,7-8H,6H2,1H3,(H,19,20)(H,15,16,17,18). The highest BCUT2D eigenvalue weighted by molar-refractivity contribution is 8.00. The Bertz CT molecular complexity index is 787. The number of fused-ring (bicyclic) bond motifs is 1. The Morgan fingerprint density at radius 2 is 2.09 bits per heavy atom. The zero-order chi connectivity index (χ0) is 15.4. The molecule has 7 nitrogen and oxygen atoms in total. The number of amides is 1. The van der Waals surface area contributed by atoms with Crippen molar-refractivity contribution in [2.24, 2.45) is 0 Å². The summed E-state index contributed by atoms with van der Waals surface area (Å²) in [6.45, 7) is 0. The van der Waals surface area contributed by atoms with Gasteiger partial charge in [-0.05, 0) is 24.3 Å². The molecule has 1 amide bonds. The van der Waals surface area contributed by atoms with Gasteiger partial charge in [-0.2, -0.15) is 0 Å². The Balaban J connectivity index is 1.61. The quantitative estimate of drug-likeness (QED) is 0.553. The zero-order valence-corrected chi connectivity index (χ0v) is 12.6. The van der Waals surface area contributed by atoms with Gasteiger partial charge < -0.3 is 15.0 Å². The van der Waals surface area contributed by atoms with Gasteiger partial charge in [0.25, 0.3) is 0 Å². The van der Waals surface area contributed by atoms with Gasteiger partial charge in [0.1, 0.15) is 22.6 Å². The lowest BCUT2D eigenvalue weighted by molar-refractivity contribution is -0.113. The first-order valence-electron chi connectivity index (χ1n) is 6.47. The minimum Gasteiger partial charge on any atom is -0.497 e. The largest absolute Gasteiger partial charge is 0.497 e. The van der Waals surface area contributed by atoms with E-state index in [1.165, 1.54) is 18.1 Å². The van der Waals surface area contributed by atoms with Crippen LogP contribution >= 0.6 is 11.8 Å². The fourth-order valence-electron chi connectivity index (χ4n) is 1.86. The SMILES string of the molecule is COc1ccc(NC(=O)CSc2ncnc3nc[nH]c23)cc1. The van der Waals surface area contributed by atoms with Crippen LogP contribution in [0.25, 0.3) is 11.2 Å². The van der Waals surface area contributed by atoms with E-state index in [1.54, 1.807) is 37.7 Å². The van der Waals surface area contributed by atoms with Crippen molar-refractivity contribution in [2.45, 2.75) is 5.03 Å². The minimum absolute atomic E-state index is 0.110. The molecule has 0 saturated carbocycles. The number of carbonyl (C=O) groups excluding carboxylic acids is 1. The molecule has 0 saturated heterocycles. The number of ether oxygens (including phenoxy) is 1. The third-order valence-corrected chi connectivity index (χ3v) is 3.89. The number of H-pyrrole nitrogens is 1. The summed E-state index contributed by atoms with van der Waals surface area (Å²) in [5.74, 6) is 0.883. The van der Waals surface area contributed by atoms with E-state index in [0.29, 0.717) is 10.7 Å². The van der Waals surface area contributed by atoms with Gasteiger partial charge in [-0.3, -0.25) is 4.79 Å². The first-order valence-corrected chi connectivity index (χ1v) is 7.45. The molecule has 0 spiro atoms. The van der Waals surface area contributed by atoms with E-state index >= 15 is 0 Å². The molecule has 0 aliphatic heterocycles. The van der Waals surface area contributed by atoms with Crippen LogP contribution in [0.3, 0.4) is 0 Å². The number of benzene rings is 1. The maximum atomic E-state index is 12.0. The Morgan fingerprint density at radius 1 is 1.27 bits per heavy atom. The first kappa shape index (κ1) is 14.3. The number of nitrogens with zero attached hydrogens (tertiary/aromatic N) is 3. The van der Waals surface area contributed by atoms with Gasteiger partial charge in [0.2, 0.25) is 5.91 Å². The molecule has 0 aliphatic rings. The number of imidazole rings is 1. The number of thioether (sulfide) groups is 1. The Labute approximate surface area is 130 Å². The molecule has 2 aromatic heterocycles. The molecule has 0 atom stereocenters. The molecule has 1 aromatic carbocycles. The lowest BCUT2D eigenvalue weighted by Crippen LogP contribution is -2.14. The van der Waals surface area contributed by atoms with Crippen LogP contribution in [0, 0.1) is 0 Å². The van der Waals surface area contributed by atoms with E-state index < -0.39 is 0 Å². The molecule has 3 aromatic rings. The number of hydrogen-bond acceptors (Lipinski definition) is 6. The second kappa shape index (κ2) is 6.44.